The van der Waals surface area contributed by atoms with Crippen LogP contribution in [0.1, 0.15) is 162 Å². The van der Waals surface area contributed by atoms with Gasteiger partial charge in [-0.1, -0.05) is 142 Å². The minimum atomic E-state index is 0.0266. The molecule has 0 aromatic carbocycles. The fourth-order valence-electron chi connectivity index (χ4n) is 4.83. The van der Waals surface area contributed by atoms with Crippen molar-refractivity contribution in [3.05, 3.63) is 0 Å². The van der Waals surface area contributed by atoms with Crippen LogP contribution in [0.2, 0.25) is 0 Å². The molecule has 0 N–H and O–H groups in total. The molecule has 0 aromatic heterocycles. The fraction of sp³-hybridized carbons (Fsp3) is 0.969. The monoisotopic (exact) mass is 512 g/mol. The lowest BCUT2D eigenvalue weighted by molar-refractivity contribution is -0.149. The quantitative estimate of drug-likeness (QED) is 0.0709. The van der Waals surface area contributed by atoms with E-state index in [-0.39, 0.29) is 11.9 Å². The second kappa shape index (κ2) is 30.6. The van der Waals surface area contributed by atoms with Crippen molar-refractivity contribution in [3.63, 3.8) is 0 Å². The highest BCUT2D eigenvalue weighted by atomic mass is 16.5. The average molecular weight is 513 g/mol. The Balaban J connectivity index is 4.03. The van der Waals surface area contributed by atoms with E-state index in [4.69, 9.17) is 14.2 Å². The molecule has 0 fully saturated rings. The van der Waals surface area contributed by atoms with Crippen molar-refractivity contribution >= 4 is 5.97 Å². The summed E-state index contributed by atoms with van der Waals surface area (Å²) >= 11 is 0. The third-order valence-electron chi connectivity index (χ3n) is 7.25. The van der Waals surface area contributed by atoms with E-state index in [1.165, 1.54) is 116 Å². The lowest BCUT2D eigenvalue weighted by atomic mass is 9.94. The van der Waals surface area contributed by atoms with E-state index in [0.717, 1.165) is 32.1 Å². The summed E-state index contributed by atoms with van der Waals surface area (Å²) in [5.74, 6) is 0.112. The molecule has 0 saturated heterocycles. The first-order valence-corrected chi connectivity index (χ1v) is 16.0. The Morgan fingerprint density at radius 3 is 1.33 bits per heavy atom. The average Bonchev–Trinajstić information content (AvgIpc) is 2.88. The number of hydrogen-bond acceptors (Lipinski definition) is 4. The van der Waals surface area contributed by atoms with Crippen LogP contribution in [0.4, 0.5) is 0 Å². The van der Waals surface area contributed by atoms with E-state index in [1.54, 1.807) is 7.11 Å². The van der Waals surface area contributed by atoms with E-state index in [0.29, 0.717) is 26.4 Å². The van der Waals surface area contributed by atoms with Crippen LogP contribution >= 0.6 is 0 Å². The number of esters is 1. The van der Waals surface area contributed by atoms with Gasteiger partial charge in [0.1, 0.15) is 0 Å². The van der Waals surface area contributed by atoms with Crippen LogP contribution in [0.15, 0.2) is 0 Å². The maximum Gasteiger partial charge on any atom is 0.308 e. The summed E-state index contributed by atoms with van der Waals surface area (Å²) in [5, 5.41) is 0. The molecule has 0 atom stereocenters. The first-order valence-electron chi connectivity index (χ1n) is 16.0. The Labute approximate surface area is 226 Å². The van der Waals surface area contributed by atoms with E-state index in [2.05, 4.69) is 13.8 Å². The highest BCUT2D eigenvalue weighted by molar-refractivity contribution is 5.72. The van der Waals surface area contributed by atoms with Crippen LogP contribution in [0.25, 0.3) is 0 Å². The first-order chi connectivity index (χ1) is 17.8. The molecule has 4 heteroatoms. The molecule has 0 spiro atoms. The molecule has 4 nitrogen and oxygen atoms in total. The van der Waals surface area contributed by atoms with Crippen molar-refractivity contribution in [2.24, 2.45) is 5.92 Å². The first kappa shape index (κ1) is 35.4. The Bertz CT molecular complexity index is 402. The van der Waals surface area contributed by atoms with Crippen LogP contribution in [0.3, 0.4) is 0 Å². The molecule has 216 valence electrons. The second-order valence-corrected chi connectivity index (χ2v) is 10.8. The smallest absolute Gasteiger partial charge is 0.308 e. The molecule has 0 amide bonds. The van der Waals surface area contributed by atoms with Gasteiger partial charge < -0.3 is 14.2 Å². The van der Waals surface area contributed by atoms with Crippen molar-refractivity contribution in [1.29, 1.82) is 0 Å². The largest absolute Gasteiger partial charge is 0.465 e. The van der Waals surface area contributed by atoms with Crippen LogP contribution in [-0.4, -0.2) is 39.5 Å². The number of ether oxygens (including phenoxy) is 3. The minimum Gasteiger partial charge on any atom is -0.465 e. The molecule has 0 radical (unpaired) electrons. The van der Waals surface area contributed by atoms with E-state index < -0.39 is 0 Å². The standard InChI is InChI=1S/C32H64O4/c1-4-6-8-10-12-14-16-18-20-22-25-31(32(33)36-28-24-27-35-30-29-34-3)26-23-21-19-17-15-13-11-9-7-5-2/h31H,4-30H2,1-3H3. The zero-order chi connectivity index (χ0) is 26.4. The molecule has 0 aliphatic heterocycles. The van der Waals surface area contributed by atoms with Gasteiger partial charge in [0.2, 0.25) is 0 Å². The van der Waals surface area contributed by atoms with Gasteiger partial charge in [0.25, 0.3) is 0 Å². The van der Waals surface area contributed by atoms with Crippen LogP contribution in [-0.2, 0) is 19.0 Å². The van der Waals surface area contributed by atoms with Gasteiger partial charge in [-0.3, -0.25) is 4.79 Å². The van der Waals surface area contributed by atoms with Gasteiger partial charge in [-0.25, -0.2) is 0 Å². The van der Waals surface area contributed by atoms with Crippen molar-refractivity contribution in [2.45, 2.75) is 162 Å². The summed E-state index contributed by atoms with van der Waals surface area (Å²) in [6, 6.07) is 0. The number of methoxy groups -OCH3 is 1. The zero-order valence-electron chi connectivity index (χ0n) is 24.8. The summed E-state index contributed by atoms with van der Waals surface area (Å²) in [5.41, 5.74) is 0. The van der Waals surface area contributed by atoms with Gasteiger partial charge in [0.05, 0.1) is 25.7 Å². The van der Waals surface area contributed by atoms with Gasteiger partial charge in [-0.2, -0.15) is 0 Å². The van der Waals surface area contributed by atoms with Crippen molar-refractivity contribution in [3.8, 4) is 0 Å². The fourth-order valence-corrected chi connectivity index (χ4v) is 4.83. The van der Waals surface area contributed by atoms with Gasteiger partial charge in [-0.05, 0) is 12.8 Å². The lowest BCUT2D eigenvalue weighted by Crippen LogP contribution is -2.19. The SMILES string of the molecule is CCCCCCCCCCCCC(CCCCCCCCCCCC)C(=O)OCCCOCCOC. The summed E-state index contributed by atoms with van der Waals surface area (Å²) < 4.78 is 16.1. The molecule has 36 heavy (non-hydrogen) atoms. The van der Waals surface area contributed by atoms with Gasteiger partial charge in [0.15, 0.2) is 0 Å². The van der Waals surface area contributed by atoms with Gasteiger partial charge in [-0.15, -0.1) is 0 Å². The molecular weight excluding hydrogens is 448 g/mol. The van der Waals surface area contributed by atoms with E-state index >= 15 is 0 Å². The maximum absolute atomic E-state index is 12.8. The Hall–Kier alpha value is -0.610. The van der Waals surface area contributed by atoms with Crippen molar-refractivity contribution < 1.29 is 19.0 Å². The highest BCUT2D eigenvalue weighted by Crippen LogP contribution is 2.21. The molecule has 0 unspecified atom stereocenters. The number of rotatable bonds is 30. The second-order valence-electron chi connectivity index (χ2n) is 10.8. The molecule has 0 rings (SSSR count). The molecule has 0 aliphatic rings. The number of hydrogen-bond donors (Lipinski definition) is 0. The molecule has 0 aromatic rings. The molecule has 0 heterocycles. The summed E-state index contributed by atoms with van der Waals surface area (Å²) in [6.45, 7) is 6.86. The van der Waals surface area contributed by atoms with Crippen molar-refractivity contribution in [1.82, 2.24) is 0 Å². The molecule has 0 bridgehead atoms. The predicted molar refractivity (Wildman–Crippen MR) is 155 cm³/mol. The third-order valence-corrected chi connectivity index (χ3v) is 7.25. The molecule has 0 aliphatic carbocycles. The topological polar surface area (TPSA) is 44.8 Å². The maximum atomic E-state index is 12.8. The normalized spacial score (nSPS) is 11.4. The van der Waals surface area contributed by atoms with Crippen LogP contribution in [0, 0.1) is 5.92 Å². The van der Waals surface area contributed by atoms with Crippen LogP contribution in [0.5, 0.6) is 0 Å². The third kappa shape index (κ3) is 26.5. The Kier molecular flexibility index (Phi) is 30.1. The summed E-state index contributed by atoms with van der Waals surface area (Å²) in [4.78, 5) is 12.8. The summed E-state index contributed by atoms with van der Waals surface area (Å²) in [6.07, 6.45) is 29.5. The lowest BCUT2D eigenvalue weighted by Gasteiger charge is -2.16. The number of carbonyl (C=O) groups is 1. The van der Waals surface area contributed by atoms with Crippen molar-refractivity contribution in [2.75, 3.05) is 33.5 Å². The number of carbonyl (C=O) groups excluding carboxylic acids is 1. The minimum absolute atomic E-state index is 0.0266. The Morgan fingerprint density at radius 2 is 0.917 bits per heavy atom. The van der Waals surface area contributed by atoms with E-state index in [9.17, 15) is 4.79 Å². The Morgan fingerprint density at radius 1 is 0.500 bits per heavy atom. The van der Waals surface area contributed by atoms with Gasteiger partial charge in [0, 0.05) is 20.1 Å². The molecular formula is C32H64O4. The van der Waals surface area contributed by atoms with Gasteiger partial charge >= 0.3 is 5.97 Å². The highest BCUT2D eigenvalue weighted by Gasteiger charge is 2.19. The zero-order valence-corrected chi connectivity index (χ0v) is 24.8. The predicted octanol–water partition coefficient (Wildman–Crippen LogP) is 9.82. The van der Waals surface area contributed by atoms with Crippen LogP contribution < -0.4 is 0 Å². The summed E-state index contributed by atoms with van der Waals surface area (Å²) in [7, 11) is 1.68. The van der Waals surface area contributed by atoms with E-state index in [1.807, 2.05) is 0 Å². The molecule has 0 saturated carbocycles. The number of unbranched alkanes of at least 4 members (excludes halogenated alkanes) is 18.